The van der Waals surface area contributed by atoms with Gasteiger partial charge in [0.25, 0.3) is 5.91 Å². The number of anilines is 2. The third kappa shape index (κ3) is 3.55. The number of halogens is 1. The van der Waals surface area contributed by atoms with Gasteiger partial charge in [-0.1, -0.05) is 11.6 Å². The summed E-state index contributed by atoms with van der Waals surface area (Å²) < 4.78 is 0. The Morgan fingerprint density at radius 1 is 1.05 bits per heavy atom. The van der Waals surface area contributed by atoms with Gasteiger partial charge in [-0.25, -0.2) is 0 Å². The van der Waals surface area contributed by atoms with Gasteiger partial charge in [-0.15, -0.1) is 0 Å². The number of carbonyl (C=O) groups excluding carboxylic acids is 2. The second-order valence-electron chi connectivity index (χ2n) is 4.07. The number of rotatable bonds is 3. The summed E-state index contributed by atoms with van der Waals surface area (Å²) in [5, 5.41) is 5.69. The molecule has 1 aromatic carbocycles. The van der Waals surface area contributed by atoms with Crippen molar-refractivity contribution in [2.75, 3.05) is 10.6 Å². The third-order valence-corrected chi connectivity index (χ3v) is 2.81. The van der Waals surface area contributed by atoms with Crippen LogP contribution < -0.4 is 10.6 Å². The highest BCUT2D eigenvalue weighted by Crippen LogP contribution is 2.17. The van der Waals surface area contributed by atoms with Crippen molar-refractivity contribution in [2.24, 2.45) is 0 Å². The lowest BCUT2D eigenvalue weighted by Gasteiger charge is -2.07. The van der Waals surface area contributed by atoms with E-state index in [4.69, 9.17) is 11.6 Å². The van der Waals surface area contributed by atoms with E-state index in [0.29, 0.717) is 22.0 Å². The molecule has 0 aliphatic carbocycles. The fraction of sp³-hybridized carbons (Fsp3) is 0.0714. The molecule has 20 heavy (non-hydrogen) atoms. The number of hydrogen-bond donors (Lipinski definition) is 2. The highest BCUT2D eigenvalue weighted by Gasteiger charge is 2.10. The van der Waals surface area contributed by atoms with Crippen LogP contribution in [-0.2, 0) is 4.79 Å². The predicted octanol–water partition coefficient (Wildman–Crippen LogP) is 2.95. The van der Waals surface area contributed by atoms with Crippen molar-refractivity contribution in [1.82, 2.24) is 4.98 Å². The van der Waals surface area contributed by atoms with E-state index >= 15 is 0 Å². The molecule has 0 aliphatic rings. The molecule has 2 rings (SSSR count). The highest BCUT2D eigenvalue weighted by atomic mass is 35.5. The summed E-state index contributed by atoms with van der Waals surface area (Å²) in [5.41, 5.74) is 1.57. The SMILES string of the molecule is CC(=O)Nc1ccc(NC(=O)c2cnccc2Cl)cc1. The Morgan fingerprint density at radius 2 is 1.65 bits per heavy atom. The molecular weight excluding hydrogens is 278 g/mol. The Morgan fingerprint density at radius 3 is 2.20 bits per heavy atom. The van der Waals surface area contributed by atoms with Gasteiger partial charge in [0.2, 0.25) is 5.91 Å². The van der Waals surface area contributed by atoms with Crippen LogP contribution in [0.25, 0.3) is 0 Å². The van der Waals surface area contributed by atoms with E-state index in [-0.39, 0.29) is 11.8 Å². The molecule has 0 atom stereocenters. The summed E-state index contributed by atoms with van der Waals surface area (Å²) >= 11 is 5.92. The Labute approximate surface area is 121 Å². The minimum absolute atomic E-state index is 0.149. The number of nitrogens with zero attached hydrogens (tertiary/aromatic N) is 1. The van der Waals surface area contributed by atoms with Gasteiger partial charge >= 0.3 is 0 Å². The first kappa shape index (κ1) is 14.0. The van der Waals surface area contributed by atoms with Crippen molar-refractivity contribution in [1.29, 1.82) is 0 Å². The van der Waals surface area contributed by atoms with E-state index in [0.717, 1.165) is 0 Å². The second-order valence-corrected chi connectivity index (χ2v) is 4.48. The summed E-state index contributed by atoms with van der Waals surface area (Å²) in [7, 11) is 0. The zero-order chi connectivity index (χ0) is 14.5. The molecule has 0 radical (unpaired) electrons. The second kappa shape index (κ2) is 6.16. The Hall–Kier alpha value is -2.40. The van der Waals surface area contributed by atoms with Gasteiger partial charge in [0.05, 0.1) is 10.6 Å². The quantitative estimate of drug-likeness (QED) is 0.912. The van der Waals surface area contributed by atoms with Crippen molar-refractivity contribution in [3.63, 3.8) is 0 Å². The first-order valence-electron chi connectivity index (χ1n) is 5.85. The van der Waals surface area contributed by atoms with E-state index < -0.39 is 0 Å². The first-order valence-corrected chi connectivity index (χ1v) is 6.22. The molecule has 1 aromatic heterocycles. The smallest absolute Gasteiger partial charge is 0.258 e. The number of aromatic nitrogens is 1. The van der Waals surface area contributed by atoms with Gasteiger partial charge < -0.3 is 10.6 Å². The molecule has 0 bridgehead atoms. The molecule has 2 N–H and O–H groups in total. The summed E-state index contributed by atoms with van der Waals surface area (Å²) in [4.78, 5) is 26.8. The molecule has 5 nitrogen and oxygen atoms in total. The number of pyridine rings is 1. The summed E-state index contributed by atoms with van der Waals surface area (Å²) in [6.07, 6.45) is 2.92. The molecule has 0 spiro atoms. The lowest BCUT2D eigenvalue weighted by Crippen LogP contribution is -2.13. The fourth-order valence-corrected chi connectivity index (χ4v) is 1.77. The predicted molar refractivity (Wildman–Crippen MR) is 77.9 cm³/mol. The van der Waals surface area contributed by atoms with Crippen LogP contribution in [-0.4, -0.2) is 16.8 Å². The topological polar surface area (TPSA) is 71.1 Å². The number of carbonyl (C=O) groups is 2. The van der Waals surface area contributed by atoms with Crippen molar-refractivity contribution in [3.8, 4) is 0 Å². The fourth-order valence-electron chi connectivity index (χ4n) is 1.58. The maximum absolute atomic E-state index is 12.0. The van der Waals surface area contributed by atoms with E-state index in [1.165, 1.54) is 19.3 Å². The molecule has 2 aromatic rings. The van der Waals surface area contributed by atoms with Crippen LogP contribution in [0.4, 0.5) is 11.4 Å². The van der Waals surface area contributed by atoms with Crippen molar-refractivity contribution < 1.29 is 9.59 Å². The lowest BCUT2D eigenvalue weighted by molar-refractivity contribution is -0.114. The van der Waals surface area contributed by atoms with E-state index in [2.05, 4.69) is 15.6 Å². The van der Waals surface area contributed by atoms with E-state index in [9.17, 15) is 9.59 Å². The summed E-state index contributed by atoms with van der Waals surface area (Å²) in [5.74, 6) is -0.487. The molecule has 0 aliphatic heterocycles. The van der Waals surface area contributed by atoms with Crippen molar-refractivity contribution in [2.45, 2.75) is 6.92 Å². The highest BCUT2D eigenvalue weighted by molar-refractivity contribution is 6.34. The summed E-state index contributed by atoms with van der Waals surface area (Å²) in [6, 6.07) is 8.32. The third-order valence-electron chi connectivity index (χ3n) is 2.48. The standard InChI is InChI=1S/C14H12ClN3O2/c1-9(19)17-10-2-4-11(5-3-10)18-14(20)12-8-16-7-6-13(12)15/h2-8H,1H3,(H,17,19)(H,18,20). The van der Waals surface area contributed by atoms with Crippen LogP contribution in [0.2, 0.25) is 5.02 Å². The van der Waals surface area contributed by atoms with Crippen molar-refractivity contribution in [3.05, 3.63) is 53.3 Å². The Bertz CT molecular complexity index is 641. The maximum atomic E-state index is 12.0. The molecule has 0 saturated heterocycles. The zero-order valence-electron chi connectivity index (χ0n) is 10.7. The Balaban J connectivity index is 2.09. The number of hydrogen-bond acceptors (Lipinski definition) is 3. The van der Waals surface area contributed by atoms with Gasteiger partial charge in [-0.2, -0.15) is 0 Å². The average molecular weight is 290 g/mol. The molecule has 0 unspecified atom stereocenters. The minimum Gasteiger partial charge on any atom is -0.326 e. The first-order chi connectivity index (χ1) is 9.56. The van der Waals surface area contributed by atoms with Crippen LogP contribution in [0, 0.1) is 0 Å². The van der Waals surface area contributed by atoms with Gasteiger partial charge in [-0.3, -0.25) is 14.6 Å². The number of nitrogens with one attached hydrogen (secondary N) is 2. The van der Waals surface area contributed by atoms with Crippen molar-refractivity contribution >= 4 is 34.8 Å². The minimum atomic E-state index is -0.338. The normalized spacial score (nSPS) is 9.90. The lowest BCUT2D eigenvalue weighted by atomic mass is 10.2. The van der Waals surface area contributed by atoms with E-state index in [1.807, 2.05) is 0 Å². The molecule has 0 fully saturated rings. The molecule has 102 valence electrons. The largest absolute Gasteiger partial charge is 0.326 e. The monoisotopic (exact) mass is 289 g/mol. The van der Waals surface area contributed by atoms with Crippen LogP contribution in [0.15, 0.2) is 42.7 Å². The number of benzene rings is 1. The molecular formula is C14H12ClN3O2. The summed E-state index contributed by atoms with van der Waals surface area (Å²) in [6.45, 7) is 1.43. The molecule has 2 amide bonds. The van der Waals surface area contributed by atoms with Crippen LogP contribution >= 0.6 is 11.6 Å². The molecule has 6 heteroatoms. The average Bonchev–Trinajstić information content (AvgIpc) is 2.41. The Kier molecular flexibility index (Phi) is 4.32. The van der Waals surface area contributed by atoms with Gasteiger partial charge in [0.1, 0.15) is 0 Å². The van der Waals surface area contributed by atoms with Crippen LogP contribution in [0.1, 0.15) is 17.3 Å². The molecule has 1 heterocycles. The molecule has 0 saturated carbocycles. The van der Waals surface area contributed by atoms with Crippen LogP contribution in [0.3, 0.4) is 0 Å². The van der Waals surface area contributed by atoms with Gasteiger partial charge in [-0.05, 0) is 30.3 Å². The van der Waals surface area contributed by atoms with Crippen LogP contribution in [0.5, 0.6) is 0 Å². The van der Waals surface area contributed by atoms with E-state index in [1.54, 1.807) is 30.3 Å². The van der Waals surface area contributed by atoms with Gasteiger partial charge in [0, 0.05) is 30.7 Å². The maximum Gasteiger partial charge on any atom is 0.258 e. The van der Waals surface area contributed by atoms with Gasteiger partial charge in [0.15, 0.2) is 0 Å². The number of amides is 2. The zero-order valence-corrected chi connectivity index (χ0v) is 11.4.